The highest BCUT2D eigenvalue weighted by atomic mass is 19.4. The van der Waals surface area contributed by atoms with Gasteiger partial charge < -0.3 is 9.72 Å². The molecule has 0 unspecified atom stereocenters. The minimum Gasteiger partial charge on any atom is -0.346 e. The Morgan fingerprint density at radius 3 is 2.62 bits per heavy atom. The van der Waals surface area contributed by atoms with Gasteiger partial charge in [-0.25, -0.2) is 4.98 Å². The van der Waals surface area contributed by atoms with Crippen LogP contribution in [0.15, 0.2) is 48.7 Å². The van der Waals surface area contributed by atoms with Crippen molar-refractivity contribution in [3.8, 4) is 0 Å². The number of imidazole rings is 1. The summed E-state index contributed by atoms with van der Waals surface area (Å²) in [6.07, 6.45) is -2.78. The molecule has 2 heterocycles. The maximum Gasteiger partial charge on any atom is 0.417 e. The number of halogens is 3. The van der Waals surface area contributed by atoms with Crippen LogP contribution in [0.1, 0.15) is 27.3 Å². The van der Waals surface area contributed by atoms with E-state index < -0.39 is 23.2 Å². The number of hydrogen-bond acceptors (Lipinski definition) is 2. The molecular weight excluding hydrogens is 319 g/mol. The minimum atomic E-state index is -4.58. The first kappa shape index (κ1) is 16.0. The predicted molar refractivity (Wildman–Crippen MR) is 82.5 cm³/mol. The van der Waals surface area contributed by atoms with Crippen LogP contribution in [0.3, 0.4) is 0 Å². The molecule has 0 aliphatic carbocycles. The van der Waals surface area contributed by atoms with E-state index in [-0.39, 0.29) is 6.54 Å². The van der Waals surface area contributed by atoms with Crippen molar-refractivity contribution in [3.63, 3.8) is 0 Å². The summed E-state index contributed by atoms with van der Waals surface area (Å²) in [5.74, 6) is -0.770. The molecule has 1 N–H and O–H groups in total. The molecule has 0 aliphatic heterocycles. The van der Waals surface area contributed by atoms with Crippen molar-refractivity contribution in [1.82, 2.24) is 14.7 Å². The van der Waals surface area contributed by atoms with Gasteiger partial charge in [-0.3, -0.25) is 4.79 Å². The van der Waals surface area contributed by atoms with Crippen LogP contribution in [0, 0.1) is 6.92 Å². The summed E-state index contributed by atoms with van der Waals surface area (Å²) in [7, 11) is 0. The first-order valence-corrected chi connectivity index (χ1v) is 7.25. The van der Waals surface area contributed by atoms with Crippen LogP contribution in [0.5, 0.6) is 0 Å². The Balaban J connectivity index is 1.85. The van der Waals surface area contributed by atoms with Gasteiger partial charge in [0.15, 0.2) is 0 Å². The van der Waals surface area contributed by atoms with Gasteiger partial charge in [0.1, 0.15) is 5.65 Å². The van der Waals surface area contributed by atoms with Gasteiger partial charge in [0, 0.05) is 6.20 Å². The Kier molecular flexibility index (Phi) is 4.01. The van der Waals surface area contributed by atoms with Crippen molar-refractivity contribution in [2.45, 2.75) is 19.6 Å². The number of nitrogens with zero attached hydrogens (tertiary/aromatic N) is 2. The number of fused-ring (bicyclic) bond motifs is 1. The Morgan fingerprint density at radius 2 is 1.88 bits per heavy atom. The third-order valence-corrected chi connectivity index (χ3v) is 3.72. The highest BCUT2D eigenvalue weighted by Crippen LogP contribution is 2.31. The topological polar surface area (TPSA) is 46.4 Å². The van der Waals surface area contributed by atoms with Crippen LogP contribution in [-0.2, 0) is 12.7 Å². The third-order valence-electron chi connectivity index (χ3n) is 3.72. The van der Waals surface area contributed by atoms with E-state index in [1.165, 1.54) is 18.2 Å². The van der Waals surface area contributed by atoms with Gasteiger partial charge in [-0.1, -0.05) is 18.2 Å². The number of amides is 1. The molecule has 1 amide bonds. The largest absolute Gasteiger partial charge is 0.417 e. The second kappa shape index (κ2) is 5.99. The van der Waals surface area contributed by atoms with E-state index in [0.717, 1.165) is 17.4 Å². The van der Waals surface area contributed by atoms with Crippen molar-refractivity contribution >= 4 is 11.6 Å². The van der Waals surface area contributed by atoms with E-state index in [1.807, 2.05) is 18.2 Å². The molecule has 0 saturated heterocycles. The zero-order valence-corrected chi connectivity index (χ0v) is 12.8. The molecule has 0 radical (unpaired) electrons. The molecule has 0 atom stereocenters. The summed E-state index contributed by atoms with van der Waals surface area (Å²) in [5, 5.41) is 2.55. The maximum absolute atomic E-state index is 13.0. The predicted octanol–water partition coefficient (Wildman–Crippen LogP) is 3.59. The zero-order chi connectivity index (χ0) is 17.3. The van der Waals surface area contributed by atoms with E-state index in [9.17, 15) is 18.0 Å². The Bertz CT molecular complexity index is 899. The number of alkyl halides is 3. The first-order valence-electron chi connectivity index (χ1n) is 7.25. The molecule has 0 saturated carbocycles. The highest BCUT2D eigenvalue weighted by Gasteiger charge is 2.34. The van der Waals surface area contributed by atoms with Crippen molar-refractivity contribution < 1.29 is 18.0 Å². The van der Waals surface area contributed by atoms with E-state index in [4.69, 9.17) is 0 Å². The van der Waals surface area contributed by atoms with Crippen molar-refractivity contribution in [2.75, 3.05) is 0 Å². The lowest BCUT2D eigenvalue weighted by molar-refractivity contribution is -0.137. The number of aromatic nitrogens is 2. The summed E-state index contributed by atoms with van der Waals surface area (Å²) >= 11 is 0. The monoisotopic (exact) mass is 333 g/mol. The number of carbonyl (C=O) groups excluding carboxylic acids is 1. The summed E-state index contributed by atoms with van der Waals surface area (Å²) < 4.78 is 40.8. The average Bonchev–Trinajstić information content (AvgIpc) is 2.87. The van der Waals surface area contributed by atoms with Crippen LogP contribution in [-0.4, -0.2) is 15.3 Å². The molecule has 3 rings (SSSR count). The number of benzene rings is 1. The van der Waals surface area contributed by atoms with Crippen LogP contribution < -0.4 is 5.32 Å². The maximum atomic E-state index is 13.0. The average molecular weight is 333 g/mol. The van der Waals surface area contributed by atoms with Crippen LogP contribution in [0.4, 0.5) is 13.2 Å². The zero-order valence-electron chi connectivity index (χ0n) is 12.8. The highest BCUT2D eigenvalue weighted by molar-refractivity contribution is 5.95. The lowest BCUT2D eigenvalue weighted by Gasteiger charge is -2.12. The standard InChI is InChI=1S/C17H14F3N3O/c1-11-14(23-9-5-4-8-15(23)22-11)10-21-16(24)12-6-2-3-7-13(12)17(18,19)20/h2-9H,10H2,1H3,(H,21,24). The molecule has 0 bridgehead atoms. The number of carbonyl (C=O) groups is 1. The van der Waals surface area contributed by atoms with E-state index >= 15 is 0 Å². The Morgan fingerprint density at radius 1 is 1.17 bits per heavy atom. The molecule has 24 heavy (non-hydrogen) atoms. The van der Waals surface area contributed by atoms with Crippen molar-refractivity contribution in [2.24, 2.45) is 0 Å². The molecule has 0 fully saturated rings. The fourth-order valence-corrected chi connectivity index (χ4v) is 2.56. The summed E-state index contributed by atoms with van der Waals surface area (Å²) in [6.45, 7) is 1.88. The third kappa shape index (κ3) is 2.97. The van der Waals surface area contributed by atoms with Crippen LogP contribution >= 0.6 is 0 Å². The summed E-state index contributed by atoms with van der Waals surface area (Å²) in [6, 6.07) is 10.2. The smallest absolute Gasteiger partial charge is 0.346 e. The molecule has 1 aromatic carbocycles. The normalized spacial score (nSPS) is 11.7. The lowest BCUT2D eigenvalue weighted by atomic mass is 10.1. The second-order valence-electron chi connectivity index (χ2n) is 5.30. The quantitative estimate of drug-likeness (QED) is 0.796. The molecule has 4 nitrogen and oxygen atoms in total. The first-order chi connectivity index (χ1) is 11.4. The van der Waals surface area contributed by atoms with Gasteiger partial charge >= 0.3 is 6.18 Å². The van der Waals surface area contributed by atoms with Crippen molar-refractivity contribution in [3.05, 3.63) is 71.2 Å². The van der Waals surface area contributed by atoms with Crippen LogP contribution in [0.2, 0.25) is 0 Å². The molecule has 124 valence electrons. The molecule has 3 aromatic rings. The summed E-state index contributed by atoms with van der Waals surface area (Å²) in [5.41, 5.74) is 0.817. The van der Waals surface area contributed by atoms with E-state index in [1.54, 1.807) is 17.5 Å². The molecule has 0 spiro atoms. The van der Waals surface area contributed by atoms with Gasteiger partial charge in [0.2, 0.25) is 0 Å². The fourth-order valence-electron chi connectivity index (χ4n) is 2.56. The van der Waals surface area contributed by atoms with Gasteiger partial charge in [-0.05, 0) is 31.2 Å². The van der Waals surface area contributed by atoms with E-state index in [0.29, 0.717) is 5.69 Å². The Labute approximate surface area is 135 Å². The Hall–Kier alpha value is -2.83. The number of nitrogens with one attached hydrogen (secondary N) is 1. The second-order valence-corrected chi connectivity index (χ2v) is 5.30. The molecule has 2 aromatic heterocycles. The molecule has 0 aliphatic rings. The van der Waals surface area contributed by atoms with Crippen LogP contribution in [0.25, 0.3) is 5.65 Å². The fraction of sp³-hybridized carbons (Fsp3) is 0.176. The van der Waals surface area contributed by atoms with E-state index in [2.05, 4.69) is 10.3 Å². The van der Waals surface area contributed by atoms with Gasteiger partial charge in [0.25, 0.3) is 5.91 Å². The van der Waals surface area contributed by atoms with Crippen molar-refractivity contribution in [1.29, 1.82) is 0 Å². The SMILES string of the molecule is Cc1nc2ccccn2c1CNC(=O)c1ccccc1C(F)(F)F. The number of pyridine rings is 1. The number of rotatable bonds is 3. The lowest BCUT2D eigenvalue weighted by Crippen LogP contribution is -2.26. The number of aryl methyl sites for hydroxylation is 1. The molecular formula is C17H14F3N3O. The summed E-state index contributed by atoms with van der Waals surface area (Å²) in [4.78, 5) is 16.6. The molecule has 7 heteroatoms. The van der Waals surface area contributed by atoms with Gasteiger partial charge in [-0.15, -0.1) is 0 Å². The van der Waals surface area contributed by atoms with Gasteiger partial charge in [0.05, 0.1) is 29.1 Å². The number of hydrogen-bond donors (Lipinski definition) is 1. The van der Waals surface area contributed by atoms with Gasteiger partial charge in [-0.2, -0.15) is 13.2 Å². The minimum absolute atomic E-state index is 0.0854.